The van der Waals surface area contributed by atoms with Gasteiger partial charge in [-0.25, -0.2) is 14.6 Å². The zero-order chi connectivity index (χ0) is 37.1. The van der Waals surface area contributed by atoms with E-state index in [1.807, 2.05) is 102 Å². The van der Waals surface area contributed by atoms with Gasteiger partial charge in [-0.3, -0.25) is 9.59 Å². The van der Waals surface area contributed by atoms with E-state index in [1.165, 1.54) is 25.6 Å². The number of nitrogens with one attached hydrogen (secondary N) is 4. The van der Waals surface area contributed by atoms with Crippen LogP contribution >= 0.6 is 11.3 Å². The summed E-state index contributed by atoms with van der Waals surface area (Å²) in [6.07, 6.45) is -0.213. The van der Waals surface area contributed by atoms with Gasteiger partial charge in [-0.1, -0.05) is 96.1 Å². The number of aromatic nitrogens is 1. The van der Waals surface area contributed by atoms with Gasteiger partial charge in [0.05, 0.1) is 26.4 Å². The summed E-state index contributed by atoms with van der Waals surface area (Å²) in [6.45, 7) is 10.9. The number of carbonyl (C=O) groups is 4. The number of carbonyl (C=O) groups excluding carboxylic acids is 4. The molecule has 272 valence electrons. The molecule has 5 N–H and O–H groups in total. The molecule has 50 heavy (non-hydrogen) atoms. The Kier molecular flexibility index (Phi) is 14.3. The summed E-state index contributed by atoms with van der Waals surface area (Å²) in [5.41, 5.74) is 1.37. The van der Waals surface area contributed by atoms with E-state index in [1.54, 1.807) is 6.20 Å². The summed E-state index contributed by atoms with van der Waals surface area (Å²) in [4.78, 5) is 56.3. The van der Waals surface area contributed by atoms with Crippen LogP contribution in [0.3, 0.4) is 0 Å². The number of rotatable bonds is 14. The van der Waals surface area contributed by atoms with Crippen molar-refractivity contribution in [2.24, 2.45) is 10.8 Å². The smallest absolute Gasteiger partial charge is 0.407 e. The second-order valence-corrected chi connectivity index (χ2v) is 15.3. The average Bonchev–Trinajstić information content (AvgIpc) is 3.60. The summed E-state index contributed by atoms with van der Waals surface area (Å²) in [6, 6.07) is 13.9. The van der Waals surface area contributed by atoms with Crippen molar-refractivity contribution in [3.8, 4) is 10.6 Å². The summed E-state index contributed by atoms with van der Waals surface area (Å²) in [7, 11) is 2.45. The molecule has 0 aliphatic rings. The van der Waals surface area contributed by atoms with E-state index in [2.05, 4.69) is 26.3 Å². The Morgan fingerprint density at radius 2 is 1.26 bits per heavy atom. The number of alkyl carbamates (subject to hydrolysis) is 2. The normalized spacial score (nSPS) is 14.7. The quantitative estimate of drug-likeness (QED) is 0.158. The second kappa shape index (κ2) is 18.0. The van der Waals surface area contributed by atoms with Crippen molar-refractivity contribution in [1.82, 2.24) is 26.3 Å². The van der Waals surface area contributed by atoms with E-state index >= 15 is 0 Å². The molecule has 4 amide bonds. The number of nitrogens with zero attached hydrogens (tertiary/aromatic N) is 1. The Morgan fingerprint density at radius 3 is 1.74 bits per heavy atom. The highest BCUT2D eigenvalue weighted by Crippen LogP contribution is 2.25. The molecular weight excluding hydrogens is 659 g/mol. The van der Waals surface area contributed by atoms with Gasteiger partial charge in [0.2, 0.25) is 11.8 Å². The molecule has 0 radical (unpaired) electrons. The van der Waals surface area contributed by atoms with Gasteiger partial charge in [0.25, 0.3) is 0 Å². The highest BCUT2D eigenvalue weighted by Gasteiger charge is 2.37. The van der Waals surface area contributed by atoms with Crippen molar-refractivity contribution in [2.45, 2.75) is 91.1 Å². The number of hydrogen-bond donors (Lipinski definition) is 5. The van der Waals surface area contributed by atoms with Gasteiger partial charge >= 0.3 is 12.2 Å². The van der Waals surface area contributed by atoms with Crippen molar-refractivity contribution in [3.05, 3.63) is 77.3 Å². The lowest BCUT2D eigenvalue weighted by molar-refractivity contribution is -0.128. The Labute approximate surface area is 298 Å². The Balaban J connectivity index is 1.94. The third-order valence-electron chi connectivity index (χ3n) is 8.23. The maximum Gasteiger partial charge on any atom is 0.407 e. The molecule has 0 spiro atoms. The maximum atomic E-state index is 13.8. The fourth-order valence-electron chi connectivity index (χ4n) is 5.49. The molecule has 5 atom stereocenters. The van der Waals surface area contributed by atoms with Crippen LogP contribution in [0.2, 0.25) is 0 Å². The number of ether oxygens (including phenoxy) is 2. The number of hydrogen-bond acceptors (Lipinski definition) is 9. The van der Waals surface area contributed by atoms with Crippen LogP contribution in [0.4, 0.5) is 9.59 Å². The standard InChI is InChI=1S/C37H51N5O7S/c1-36(2,3)29(41-34(46)48-7)31(44)39-26(20-24-14-16-25(17-15-24)33-38-18-19-50-33)22-28(43)27(21-23-12-10-9-11-13-23)40-32(45)30(37(4,5)6)42-35(47)49-8/h9-19,26-30,43H,20-22H2,1-8H3,(H,39,44)(H,40,45)(H,41,46)(H,42,47)/t26-,27-,28-,29+,30+/m0/s1. The van der Waals surface area contributed by atoms with Crippen LogP contribution in [0, 0.1) is 10.8 Å². The van der Waals surface area contributed by atoms with Crippen LogP contribution in [0.1, 0.15) is 59.1 Å². The lowest BCUT2D eigenvalue weighted by Crippen LogP contribution is -2.59. The molecule has 0 fully saturated rings. The van der Waals surface area contributed by atoms with E-state index in [-0.39, 0.29) is 12.8 Å². The molecule has 2 aromatic carbocycles. The minimum Gasteiger partial charge on any atom is -0.453 e. The fraction of sp³-hybridized carbons (Fsp3) is 0.486. The predicted molar refractivity (Wildman–Crippen MR) is 193 cm³/mol. The lowest BCUT2D eigenvalue weighted by atomic mass is 9.85. The Morgan fingerprint density at radius 1 is 0.740 bits per heavy atom. The van der Waals surface area contributed by atoms with Gasteiger partial charge < -0.3 is 35.8 Å². The van der Waals surface area contributed by atoms with Crippen LogP contribution < -0.4 is 21.3 Å². The van der Waals surface area contributed by atoms with Gasteiger partial charge in [0, 0.05) is 23.2 Å². The second-order valence-electron chi connectivity index (χ2n) is 14.4. The molecule has 0 bridgehead atoms. The predicted octanol–water partition coefficient (Wildman–Crippen LogP) is 4.86. The van der Waals surface area contributed by atoms with Gasteiger partial charge in [-0.05, 0) is 41.2 Å². The SMILES string of the molecule is COC(=O)N[C@H](C(=O)N[C@@H](Cc1ccc(-c2nccs2)cc1)C[C@H](O)[C@H](Cc1ccccc1)NC(=O)[C@@H](NC(=O)OC)C(C)(C)C)C(C)(C)C. The molecule has 0 saturated heterocycles. The van der Waals surface area contributed by atoms with E-state index in [0.717, 1.165) is 21.7 Å². The van der Waals surface area contributed by atoms with Crippen molar-refractivity contribution < 1.29 is 33.8 Å². The minimum absolute atomic E-state index is 0.0530. The monoisotopic (exact) mass is 709 g/mol. The van der Waals surface area contributed by atoms with Gasteiger partial charge in [0.15, 0.2) is 0 Å². The first-order valence-electron chi connectivity index (χ1n) is 16.5. The number of thiazole rings is 1. The highest BCUT2D eigenvalue weighted by atomic mass is 32.1. The Bertz CT molecular complexity index is 1540. The number of aliphatic hydroxyl groups is 1. The highest BCUT2D eigenvalue weighted by molar-refractivity contribution is 7.13. The zero-order valence-corrected chi connectivity index (χ0v) is 30.9. The molecule has 3 aromatic rings. The minimum atomic E-state index is -1.14. The zero-order valence-electron chi connectivity index (χ0n) is 30.1. The first-order chi connectivity index (χ1) is 23.5. The molecule has 12 nitrogen and oxygen atoms in total. The average molecular weight is 710 g/mol. The molecule has 1 heterocycles. The molecule has 0 aliphatic heterocycles. The number of benzene rings is 2. The summed E-state index contributed by atoms with van der Waals surface area (Å²) >= 11 is 1.53. The lowest BCUT2D eigenvalue weighted by Gasteiger charge is -2.34. The molecule has 0 aliphatic carbocycles. The first kappa shape index (κ1) is 39.9. The molecule has 13 heteroatoms. The van der Waals surface area contributed by atoms with E-state index in [9.17, 15) is 24.3 Å². The molecule has 1 aromatic heterocycles. The maximum absolute atomic E-state index is 13.8. The Hall–Kier alpha value is -4.49. The van der Waals surface area contributed by atoms with Crippen LogP contribution in [0.15, 0.2) is 66.2 Å². The van der Waals surface area contributed by atoms with Gasteiger partial charge in [-0.15, -0.1) is 11.3 Å². The summed E-state index contributed by atoms with van der Waals surface area (Å²) in [5, 5.41) is 25.9. The van der Waals surface area contributed by atoms with Crippen LogP contribution in [0.5, 0.6) is 0 Å². The van der Waals surface area contributed by atoms with E-state index in [4.69, 9.17) is 9.47 Å². The fourth-order valence-corrected chi connectivity index (χ4v) is 6.13. The number of methoxy groups -OCH3 is 2. The van der Waals surface area contributed by atoms with Crippen molar-refractivity contribution >= 4 is 35.3 Å². The molecule has 0 unspecified atom stereocenters. The largest absolute Gasteiger partial charge is 0.453 e. The molecule has 3 rings (SSSR count). The molecular formula is C37H51N5O7S. The van der Waals surface area contributed by atoms with Crippen molar-refractivity contribution in [3.63, 3.8) is 0 Å². The van der Waals surface area contributed by atoms with E-state index in [0.29, 0.717) is 6.42 Å². The van der Waals surface area contributed by atoms with Crippen molar-refractivity contribution in [2.75, 3.05) is 14.2 Å². The van der Waals surface area contributed by atoms with Crippen molar-refractivity contribution in [1.29, 1.82) is 0 Å². The first-order valence-corrected chi connectivity index (χ1v) is 17.4. The van der Waals surface area contributed by atoms with Gasteiger partial charge in [-0.2, -0.15) is 0 Å². The third kappa shape index (κ3) is 12.1. The van der Waals surface area contributed by atoms with Crippen LogP contribution in [-0.2, 0) is 31.9 Å². The van der Waals surface area contributed by atoms with E-state index < -0.39 is 65.1 Å². The molecule has 0 saturated carbocycles. The van der Waals surface area contributed by atoms with Crippen LogP contribution in [0.25, 0.3) is 10.6 Å². The number of amides is 4. The summed E-state index contributed by atoms with van der Waals surface area (Å²) < 4.78 is 9.55. The van der Waals surface area contributed by atoms with Gasteiger partial charge in [0.1, 0.15) is 17.1 Å². The third-order valence-corrected chi connectivity index (χ3v) is 9.05. The topological polar surface area (TPSA) is 168 Å². The number of aliphatic hydroxyl groups excluding tert-OH is 1. The summed E-state index contributed by atoms with van der Waals surface area (Å²) in [5.74, 6) is -0.936. The van der Waals surface area contributed by atoms with Crippen LogP contribution in [-0.4, -0.2) is 78.6 Å².